The summed E-state index contributed by atoms with van der Waals surface area (Å²) in [4.78, 5) is 38.8. The van der Waals surface area contributed by atoms with E-state index < -0.39 is 24.4 Å². The fraction of sp³-hybridized carbons (Fsp3) is 0.250. The maximum Gasteiger partial charge on any atom is 0.311 e. The highest BCUT2D eigenvalue weighted by atomic mass is 16.5. The Labute approximate surface area is 204 Å². The summed E-state index contributed by atoms with van der Waals surface area (Å²) in [5.74, 6) is -0.401. The van der Waals surface area contributed by atoms with Crippen LogP contribution in [0, 0.1) is 26.7 Å². The minimum Gasteiger partial charge on any atom is -0.457 e. The SMILES string of the molecule is Cc1ccc(Oc2ccc(N3C[C@@H](C(=O)OCC(=O)Nc4ccc(C)c(C)c4)CC3=O)cc2)cc1. The van der Waals surface area contributed by atoms with E-state index in [1.165, 1.54) is 0 Å². The molecule has 1 saturated heterocycles. The first kappa shape index (κ1) is 24.0. The average Bonchev–Trinajstić information content (AvgIpc) is 3.23. The van der Waals surface area contributed by atoms with Gasteiger partial charge in [-0.1, -0.05) is 23.8 Å². The number of esters is 1. The monoisotopic (exact) mass is 472 g/mol. The number of benzene rings is 3. The summed E-state index contributed by atoms with van der Waals surface area (Å²) in [6, 6.07) is 20.4. The Balaban J connectivity index is 1.29. The van der Waals surface area contributed by atoms with Crippen molar-refractivity contribution in [1.29, 1.82) is 0 Å². The lowest BCUT2D eigenvalue weighted by Gasteiger charge is -2.17. The second-order valence-electron chi connectivity index (χ2n) is 8.77. The summed E-state index contributed by atoms with van der Waals surface area (Å²) in [6.07, 6.45) is 0.0409. The minimum atomic E-state index is -0.625. The smallest absolute Gasteiger partial charge is 0.311 e. The molecule has 3 aromatic rings. The molecule has 35 heavy (non-hydrogen) atoms. The van der Waals surface area contributed by atoms with Crippen molar-refractivity contribution in [2.75, 3.05) is 23.4 Å². The van der Waals surface area contributed by atoms with Crippen LogP contribution in [0.25, 0.3) is 0 Å². The molecule has 7 nitrogen and oxygen atoms in total. The maximum atomic E-state index is 12.5. The Kier molecular flexibility index (Phi) is 7.15. The molecule has 0 spiro atoms. The van der Waals surface area contributed by atoms with Gasteiger partial charge >= 0.3 is 5.97 Å². The van der Waals surface area contributed by atoms with E-state index in [1.807, 2.05) is 57.2 Å². The van der Waals surface area contributed by atoms with Crippen LogP contribution >= 0.6 is 0 Å². The zero-order valence-corrected chi connectivity index (χ0v) is 20.0. The number of hydrogen-bond donors (Lipinski definition) is 1. The molecule has 0 radical (unpaired) electrons. The molecule has 0 bridgehead atoms. The summed E-state index contributed by atoms with van der Waals surface area (Å²) < 4.78 is 11.0. The van der Waals surface area contributed by atoms with Crippen LogP contribution in [0.1, 0.15) is 23.1 Å². The summed E-state index contributed by atoms with van der Waals surface area (Å²) in [5.41, 5.74) is 4.65. The molecule has 180 valence electrons. The van der Waals surface area contributed by atoms with Gasteiger partial charge in [0.15, 0.2) is 6.61 Å². The van der Waals surface area contributed by atoms with Crippen LogP contribution in [-0.2, 0) is 19.1 Å². The van der Waals surface area contributed by atoms with Gasteiger partial charge in [-0.15, -0.1) is 0 Å². The Hall–Kier alpha value is -4.13. The van der Waals surface area contributed by atoms with Crippen molar-refractivity contribution in [2.24, 2.45) is 5.92 Å². The van der Waals surface area contributed by atoms with Gasteiger partial charge in [-0.2, -0.15) is 0 Å². The zero-order valence-electron chi connectivity index (χ0n) is 20.0. The Bertz CT molecular complexity index is 1240. The van der Waals surface area contributed by atoms with Crippen LogP contribution < -0.4 is 15.0 Å². The van der Waals surface area contributed by atoms with Crippen molar-refractivity contribution in [3.8, 4) is 11.5 Å². The molecule has 0 aliphatic carbocycles. The van der Waals surface area contributed by atoms with Crippen molar-refractivity contribution in [3.05, 3.63) is 83.4 Å². The lowest BCUT2D eigenvalue weighted by Crippen LogP contribution is -2.28. The van der Waals surface area contributed by atoms with E-state index in [1.54, 1.807) is 35.2 Å². The quantitative estimate of drug-likeness (QED) is 0.493. The fourth-order valence-electron chi connectivity index (χ4n) is 3.82. The van der Waals surface area contributed by atoms with Gasteiger partial charge in [0.2, 0.25) is 5.91 Å². The molecule has 0 saturated carbocycles. The number of aryl methyl sites for hydroxylation is 3. The summed E-state index contributed by atoms with van der Waals surface area (Å²) in [5, 5.41) is 2.72. The third-order valence-corrected chi connectivity index (χ3v) is 6.00. The zero-order chi connectivity index (χ0) is 24.9. The molecule has 0 unspecified atom stereocenters. The Morgan fingerprint density at radius 1 is 0.914 bits per heavy atom. The average molecular weight is 473 g/mol. The van der Waals surface area contributed by atoms with Crippen LogP contribution in [0.15, 0.2) is 66.7 Å². The summed E-state index contributed by atoms with van der Waals surface area (Å²) in [6.45, 7) is 5.76. The molecule has 1 aliphatic rings. The van der Waals surface area contributed by atoms with E-state index in [-0.39, 0.29) is 18.9 Å². The third-order valence-electron chi connectivity index (χ3n) is 6.00. The van der Waals surface area contributed by atoms with Crippen LogP contribution in [0.5, 0.6) is 11.5 Å². The molecule has 0 aromatic heterocycles. The number of amides is 2. The topological polar surface area (TPSA) is 84.9 Å². The first-order valence-corrected chi connectivity index (χ1v) is 11.5. The molecule has 1 atom stereocenters. The van der Waals surface area contributed by atoms with Crippen LogP contribution in [0.3, 0.4) is 0 Å². The van der Waals surface area contributed by atoms with E-state index in [9.17, 15) is 14.4 Å². The first-order valence-electron chi connectivity index (χ1n) is 11.5. The van der Waals surface area contributed by atoms with Gasteiger partial charge in [-0.25, -0.2) is 0 Å². The Morgan fingerprint density at radius 2 is 1.57 bits per heavy atom. The molecular weight excluding hydrogens is 444 g/mol. The van der Waals surface area contributed by atoms with Gasteiger partial charge in [-0.3, -0.25) is 14.4 Å². The standard InChI is InChI=1S/C28H28N2O5/c1-18-4-10-24(11-5-18)35-25-12-8-23(9-13-25)30-16-21(15-27(30)32)28(33)34-17-26(31)29-22-7-6-19(2)20(3)14-22/h4-14,21H,15-17H2,1-3H3,(H,29,31)/t21-/m0/s1. The van der Waals surface area contributed by atoms with Crippen molar-refractivity contribution in [1.82, 2.24) is 0 Å². The van der Waals surface area contributed by atoms with Gasteiger partial charge in [0.05, 0.1) is 5.92 Å². The molecule has 7 heteroatoms. The number of hydrogen-bond acceptors (Lipinski definition) is 5. The number of carbonyl (C=O) groups excluding carboxylic acids is 3. The van der Waals surface area contributed by atoms with E-state index in [4.69, 9.17) is 9.47 Å². The largest absolute Gasteiger partial charge is 0.457 e. The van der Waals surface area contributed by atoms with Crippen LogP contribution in [-0.4, -0.2) is 30.9 Å². The number of nitrogens with one attached hydrogen (secondary N) is 1. The lowest BCUT2D eigenvalue weighted by molar-refractivity contribution is -0.151. The van der Waals surface area contributed by atoms with Crippen LogP contribution in [0.4, 0.5) is 11.4 Å². The molecule has 2 amide bonds. The minimum absolute atomic E-state index is 0.0409. The fourth-order valence-corrected chi connectivity index (χ4v) is 3.82. The number of nitrogens with zero attached hydrogens (tertiary/aromatic N) is 1. The summed E-state index contributed by atoms with van der Waals surface area (Å²) in [7, 11) is 0. The van der Waals surface area contributed by atoms with Gasteiger partial charge in [0.25, 0.3) is 5.91 Å². The number of rotatable bonds is 7. The number of anilines is 2. The number of ether oxygens (including phenoxy) is 2. The Morgan fingerprint density at radius 3 is 2.23 bits per heavy atom. The highest BCUT2D eigenvalue weighted by Crippen LogP contribution is 2.29. The first-order chi connectivity index (χ1) is 16.8. The van der Waals surface area contributed by atoms with Gasteiger partial charge < -0.3 is 19.7 Å². The molecule has 1 heterocycles. The molecule has 1 fully saturated rings. The maximum absolute atomic E-state index is 12.5. The van der Waals surface area contributed by atoms with Gasteiger partial charge in [0.1, 0.15) is 11.5 Å². The molecule has 1 N–H and O–H groups in total. The van der Waals surface area contributed by atoms with Crippen molar-refractivity contribution >= 4 is 29.2 Å². The second-order valence-corrected chi connectivity index (χ2v) is 8.77. The van der Waals surface area contributed by atoms with Gasteiger partial charge in [0, 0.05) is 24.3 Å². The molecule has 4 rings (SSSR count). The lowest BCUT2D eigenvalue weighted by atomic mass is 10.1. The molecule has 3 aromatic carbocycles. The second kappa shape index (κ2) is 10.4. The molecule has 1 aliphatic heterocycles. The van der Waals surface area contributed by atoms with Crippen LogP contribution in [0.2, 0.25) is 0 Å². The third kappa shape index (κ3) is 6.06. The van der Waals surface area contributed by atoms with E-state index in [0.29, 0.717) is 17.1 Å². The molecular formula is C28H28N2O5. The predicted octanol–water partition coefficient (Wildman–Crippen LogP) is 4.94. The van der Waals surface area contributed by atoms with Crippen molar-refractivity contribution < 1.29 is 23.9 Å². The highest BCUT2D eigenvalue weighted by Gasteiger charge is 2.36. The van der Waals surface area contributed by atoms with E-state index >= 15 is 0 Å². The van der Waals surface area contributed by atoms with Crippen molar-refractivity contribution in [2.45, 2.75) is 27.2 Å². The number of carbonyl (C=O) groups is 3. The normalized spacial score (nSPS) is 15.1. The summed E-state index contributed by atoms with van der Waals surface area (Å²) >= 11 is 0. The van der Waals surface area contributed by atoms with Gasteiger partial charge in [-0.05, 0) is 80.4 Å². The predicted molar refractivity (Wildman–Crippen MR) is 134 cm³/mol. The van der Waals surface area contributed by atoms with Crippen molar-refractivity contribution in [3.63, 3.8) is 0 Å². The van der Waals surface area contributed by atoms with E-state index in [0.717, 1.165) is 22.4 Å². The van der Waals surface area contributed by atoms with E-state index in [2.05, 4.69) is 5.32 Å². The highest BCUT2D eigenvalue weighted by molar-refractivity contribution is 6.00.